The minimum Gasteiger partial charge on any atom is -0.452 e. The number of esters is 1. The van der Waals surface area contributed by atoms with Gasteiger partial charge in [-0.2, -0.15) is 0 Å². The fourth-order valence-electron chi connectivity index (χ4n) is 3.78. The van der Waals surface area contributed by atoms with E-state index in [1.165, 1.54) is 6.42 Å². The van der Waals surface area contributed by atoms with Crippen LogP contribution < -0.4 is 5.32 Å². The first kappa shape index (κ1) is 22.5. The van der Waals surface area contributed by atoms with E-state index in [0.717, 1.165) is 19.3 Å². The van der Waals surface area contributed by atoms with E-state index in [4.69, 9.17) is 9.47 Å². The van der Waals surface area contributed by atoms with Gasteiger partial charge in [-0.05, 0) is 59.3 Å². The van der Waals surface area contributed by atoms with E-state index in [9.17, 15) is 14.4 Å². The number of nitrogens with zero attached hydrogens (tertiary/aromatic N) is 1. The molecule has 0 bridgehead atoms. The minimum absolute atomic E-state index is 0.166. The van der Waals surface area contributed by atoms with Gasteiger partial charge in [0.2, 0.25) is 0 Å². The lowest BCUT2D eigenvalue weighted by Gasteiger charge is -2.33. The summed E-state index contributed by atoms with van der Waals surface area (Å²) in [6.45, 7) is 10.2. The second kappa shape index (κ2) is 9.61. The minimum atomic E-state index is -0.800. The largest absolute Gasteiger partial charge is 0.452 e. The number of hydrogen-bond acceptors (Lipinski definition) is 5. The highest BCUT2D eigenvalue weighted by atomic mass is 16.6. The Morgan fingerprint density at radius 3 is 2.21 bits per heavy atom. The third-order valence-corrected chi connectivity index (χ3v) is 5.58. The fourth-order valence-corrected chi connectivity index (χ4v) is 3.78. The summed E-state index contributed by atoms with van der Waals surface area (Å²) in [6, 6.07) is 0.166. The molecule has 2 fully saturated rings. The van der Waals surface area contributed by atoms with Crippen LogP contribution in [0.25, 0.3) is 0 Å². The summed E-state index contributed by atoms with van der Waals surface area (Å²) < 4.78 is 10.8. The summed E-state index contributed by atoms with van der Waals surface area (Å²) in [5, 5.41) is 3.03. The number of hydrogen-bond donors (Lipinski definition) is 1. The van der Waals surface area contributed by atoms with E-state index < -0.39 is 11.7 Å². The lowest BCUT2D eigenvalue weighted by molar-refractivity contribution is -0.160. The van der Waals surface area contributed by atoms with Crippen molar-refractivity contribution in [3.8, 4) is 0 Å². The normalized spacial score (nSPS) is 25.0. The van der Waals surface area contributed by atoms with Gasteiger partial charge in [-0.1, -0.05) is 19.8 Å². The molecule has 7 nitrogen and oxygen atoms in total. The van der Waals surface area contributed by atoms with Crippen LogP contribution in [0.2, 0.25) is 0 Å². The van der Waals surface area contributed by atoms with Gasteiger partial charge in [-0.15, -0.1) is 0 Å². The lowest BCUT2D eigenvalue weighted by Crippen LogP contribution is -2.47. The van der Waals surface area contributed by atoms with Crippen LogP contribution in [0.3, 0.4) is 0 Å². The molecule has 0 aromatic carbocycles. The molecular formula is C21H36N2O5. The third kappa shape index (κ3) is 6.67. The molecule has 0 radical (unpaired) electrons. The average Bonchev–Trinajstić information content (AvgIpc) is 2.62. The van der Waals surface area contributed by atoms with Crippen LogP contribution in [-0.4, -0.2) is 53.7 Å². The highest BCUT2D eigenvalue weighted by molar-refractivity contribution is 5.84. The zero-order valence-corrected chi connectivity index (χ0v) is 18.0. The van der Waals surface area contributed by atoms with Crippen molar-refractivity contribution in [2.24, 2.45) is 11.8 Å². The third-order valence-electron chi connectivity index (χ3n) is 5.58. The number of carbonyl (C=O) groups excluding carboxylic acids is 3. The van der Waals surface area contributed by atoms with E-state index >= 15 is 0 Å². The van der Waals surface area contributed by atoms with E-state index in [0.29, 0.717) is 31.8 Å². The van der Waals surface area contributed by atoms with Crippen LogP contribution in [-0.2, 0) is 19.1 Å². The van der Waals surface area contributed by atoms with Gasteiger partial charge in [0, 0.05) is 19.1 Å². The van der Waals surface area contributed by atoms with Gasteiger partial charge < -0.3 is 19.7 Å². The van der Waals surface area contributed by atoms with Crippen molar-refractivity contribution in [2.75, 3.05) is 13.1 Å². The Kier molecular flexibility index (Phi) is 7.72. The molecule has 160 valence electrons. The van der Waals surface area contributed by atoms with Crippen molar-refractivity contribution in [3.05, 3.63) is 0 Å². The van der Waals surface area contributed by atoms with Crippen molar-refractivity contribution in [3.63, 3.8) is 0 Å². The summed E-state index contributed by atoms with van der Waals surface area (Å²) >= 11 is 0. The monoisotopic (exact) mass is 396 g/mol. The Labute approximate surface area is 168 Å². The maximum Gasteiger partial charge on any atom is 0.410 e. The number of rotatable bonds is 4. The Morgan fingerprint density at radius 2 is 1.64 bits per heavy atom. The fraction of sp³-hybridized carbons (Fsp3) is 0.857. The molecule has 1 aliphatic carbocycles. The topological polar surface area (TPSA) is 84.9 Å². The molecule has 1 saturated carbocycles. The average molecular weight is 397 g/mol. The van der Waals surface area contributed by atoms with E-state index in [1.54, 1.807) is 11.8 Å². The van der Waals surface area contributed by atoms with Crippen LogP contribution in [0, 0.1) is 11.8 Å². The zero-order valence-electron chi connectivity index (χ0n) is 18.0. The van der Waals surface area contributed by atoms with Gasteiger partial charge in [-0.25, -0.2) is 4.79 Å². The number of likely N-dealkylation sites (tertiary alicyclic amines) is 1. The first-order chi connectivity index (χ1) is 13.1. The van der Waals surface area contributed by atoms with Crippen LogP contribution in [0.1, 0.15) is 73.1 Å². The molecule has 0 aromatic rings. The number of piperidine rings is 1. The highest BCUT2D eigenvalue weighted by Gasteiger charge is 2.33. The van der Waals surface area contributed by atoms with Crippen molar-refractivity contribution >= 4 is 18.0 Å². The van der Waals surface area contributed by atoms with Gasteiger partial charge in [0.25, 0.3) is 5.91 Å². The number of nitrogens with one attached hydrogen (secondary N) is 1. The van der Waals surface area contributed by atoms with Crippen LogP contribution in [0.4, 0.5) is 4.79 Å². The molecule has 1 saturated heterocycles. The van der Waals surface area contributed by atoms with Gasteiger partial charge in [0.1, 0.15) is 5.60 Å². The molecule has 0 unspecified atom stereocenters. The molecule has 3 atom stereocenters. The molecule has 1 aliphatic heterocycles. The molecule has 0 spiro atoms. The molecule has 2 aliphatic rings. The number of ether oxygens (including phenoxy) is 2. The molecule has 1 N–H and O–H groups in total. The molecule has 7 heteroatoms. The first-order valence-electron chi connectivity index (χ1n) is 10.6. The Bertz CT molecular complexity index is 564. The zero-order chi connectivity index (χ0) is 20.9. The maximum absolute atomic E-state index is 12.4. The molecule has 2 rings (SSSR count). The van der Waals surface area contributed by atoms with Crippen LogP contribution >= 0.6 is 0 Å². The highest BCUT2D eigenvalue weighted by Crippen LogP contribution is 2.24. The van der Waals surface area contributed by atoms with Gasteiger partial charge >= 0.3 is 12.1 Å². The summed E-state index contributed by atoms with van der Waals surface area (Å²) in [5.41, 5.74) is -0.536. The van der Waals surface area contributed by atoms with Crippen molar-refractivity contribution in [1.29, 1.82) is 0 Å². The Hall–Kier alpha value is -1.79. The Balaban J connectivity index is 1.75. The lowest BCUT2D eigenvalue weighted by atomic mass is 9.86. The number of amides is 2. The van der Waals surface area contributed by atoms with E-state index in [2.05, 4.69) is 12.2 Å². The van der Waals surface area contributed by atoms with Crippen molar-refractivity contribution in [2.45, 2.75) is 90.9 Å². The Morgan fingerprint density at radius 1 is 1.04 bits per heavy atom. The van der Waals surface area contributed by atoms with Crippen LogP contribution in [0.15, 0.2) is 0 Å². The van der Waals surface area contributed by atoms with Crippen LogP contribution in [0.5, 0.6) is 0 Å². The SMILES string of the molecule is C[C@@H]1CCCC[C@H]1NC(=O)[C@@H](C)OC(=O)C1CCN(C(=O)OC(C)(C)C)CC1. The molecule has 1 heterocycles. The quantitative estimate of drug-likeness (QED) is 0.737. The predicted octanol–water partition coefficient (Wildman–Crippen LogP) is 3.26. The smallest absolute Gasteiger partial charge is 0.410 e. The molecular weight excluding hydrogens is 360 g/mol. The first-order valence-corrected chi connectivity index (χ1v) is 10.6. The molecule has 28 heavy (non-hydrogen) atoms. The summed E-state index contributed by atoms with van der Waals surface area (Å²) in [6.07, 6.45) is 4.32. The number of carbonyl (C=O) groups is 3. The van der Waals surface area contributed by atoms with E-state index in [1.807, 2.05) is 20.8 Å². The van der Waals surface area contributed by atoms with E-state index in [-0.39, 0.29) is 29.9 Å². The predicted molar refractivity (Wildman–Crippen MR) is 106 cm³/mol. The second-order valence-electron chi connectivity index (χ2n) is 9.20. The van der Waals surface area contributed by atoms with Crippen molar-refractivity contribution in [1.82, 2.24) is 10.2 Å². The van der Waals surface area contributed by atoms with Gasteiger partial charge in [-0.3, -0.25) is 9.59 Å². The summed E-state index contributed by atoms with van der Waals surface area (Å²) in [7, 11) is 0. The summed E-state index contributed by atoms with van der Waals surface area (Å²) in [5.74, 6) is -0.415. The second-order valence-corrected chi connectivity index (χ2v) is 9.20. The standard InChI is InChI=1S/C21H36N2O5/c1-14-8-6-7-9-17(14)22-18(24)15(2)27-19(25)16-10-12-23(13-11-16)20(26)28-21(3,4)5/h14-17H,6-13H2,1-5H3,(H,22,24)/t14-,15-,17-/m1/s1. The molecule has 2 amide bonds. The summed E-state index contributed by atoms with van der Waals surface area (Å²) in [4.78, 5) is 38.6. The molecule has 0 aromatic heterocycles. The van der Waals surface area contributed by atoms with Gasteiger partial charge in [0.05, 0.1) is 5.92 Å². The maximum atomic E-state index is 12.4. The van der Waals surface area contributed by atoms with Gasteiger partial charge in [0.15, 0.2) is 6.10 Å². The van der Waals surface area contributed by atoms with Crippen molar-refractivity contribution < 1.29 is 23.9 Å².